The van der Waals surface area contributed by atoms with Gasteiger partial charge in [-0.25, -0.2) is 0 Å². The number of aryl methyl sites for hydroxylation is 1. The molecule has 7 nitrogen and oxygen atoms in total. The van der Waals surface area contributed by atoms with E-state index in [0.29, 0.717) is 37.6 Å². The van der Waals surface area contributed by atoms with Crippen LogP contribution in [0, 0.1) is 12.8 Å². The monoisotopic (exact) mass is 526 g/mol. The summed E-state index contributed by atoms with van der Waals surface area (Å²) in [5.74, 6) is -0.698. The van der Waals surface area contributed by atoms with Crippen LogP contribution in [-0.4, -0.2) is 52.4 Å². The Balaban J connectivity index is 1.44. The quantitative estimate of drug-likeness (QED) is 0.505. The van der Waals surface area contributed by atoms with Crippen LogP contribution < -0.4 is 10.2 Å². The van der Waals surface area contributed by atoms with Gasteiger partial charge in [-0.1, -0.05) is 6.07 Å². The van der Waals surface area contributed by atoms with Crippen molar-refractivity contribution < 1.29 is 27.8 Å². The lowest BCUT2D eigenvalue weighted by atomic mass is 9.77. The van der Waals surface area contributed by atoms with Crippen LogP contribution >= 0.6 is 0 Å². The van der Waals surface area contributed by atoms with Crippen LogP contribution in [0.1, 0.15) is 41.2 Å². The number of aliphatic hydroxyl groups is 1. The Morgan fingerprint density at radius 2 is 1.95 bits per heavy atom. The number of aromatic nitrogens is 2. The van der Waals surface area contributed by atoms with E-state index in [1.807, 2.05) is 26.8 Å². The fourth-order valence-corrected chi connectivity index (χ4v) is 5.29. The Bertz CT molecular complexity index is 1370. The number of nitrogens with one attached hydrogen (secondary N) is 1. The minimum Gasteiger partial charge on any atom is -0.390 e. The summed E-state index contributed by atoms with van der Waals surface area (Å²) in [4.78, 5) is 24.1. The summed E-state index contributed by atoms with van der Waals surface area (Å²) in [7, 11) is 0. The number of hydrogen-bond donors (Lipinski definition) is 2. The van der Waals surface area contributed by atoms with Gasteiger partial charge in [0.15, 0.2) is 0 Å². The Morgan fingerprint density at radius 3 is 2.68 bits per heavy atom. The van der Waals surface area contributed by atoms with Crippen molar-refractivity contribution in [3.05, 3.63) is 71.3 Å². The highest BCUT2D eigenvalue weighted by Crippen LogP contribution is 2.41. The van der Waals surface area contributed by atoms with Gasteiger partial charge >= 0.3 is 6.18 Å². The maximum Gasteiger partial charge on any atom is 0.416 e. The molecular weight excluding hydrogens is 497 g/mol. The first-order valence-electron chi connectivity index (χ1n) is 12.4. The van der Waals surface area contributed by atoms with Crippen LogP contribution in [0.3, 0.4) is 0 Å². The first kappa shape index (κ1) is 26.1. The van der Waals surface area contributed by atoms with E-state index in [4.69, 9.17) is 9.72 Å². The number of nitrogens with zero attached hydrogens (tertiary/aromatic N) is 3. The molecule has 1 aromatic carbocycles. The van der Waals surface area contributed by atoms with E-state index < -0.39 is 23.2 Å². The lowest BCUT2D eigenvalue weighted by Crippen LogP contribution is -2.58. The molecule has 3 aromatic rings. The zero-order valence-corrected chi connectivity index (χ0v) is 21.3. The largest absolute Gasteiger partial charge is 0.416 e. The molecule has 2 aliphatic heterocycles. The predicted octanol–water partition coefficient (Wildman–Crippen LogP) is 4.87. The van der Waals surface area contributed by atoms with Gasteiger partial charge in [0.2, 0.25) is 0 Å². The van der Waals surface area contributed by atoms with Crippen molar-refractivity contribution in [1.29, 1.82) is 0 Å². The third-order valence-electron chi connectivity index (χ3n) is 7.32. The Kier molecular flexibility index (Phi) is 6.65. The normalized spacial score (nSPS) is 19.5. The van der Waals surface area contributed by atoms with Crippen LogP contribution in [0.15, 0.2) is 48.8 Å². The molecule has 2 N–H and O–H groups in total. The molecule has 4 heterocycles. The van der Waals surface area contributed by atoms with Gasteiger partial charge < -0.3 is 20.1 Å². The number of carbonyl (C=O) groups is 1. The average Bonchev–Trinajstić information content (AvgIpc) is 2.88. The smallest absolute Gasteiger partial charge is 0.390 e. The van der Waals surface area contributed by atoms with Gasteiger partial charge in [-0.3, -0.25) is 14.8 Å². The molecule has 2 aliphatic rings. The van der Waals surface area contributed by atoms with Gasteiger partial charge in [0, 0.05) is 41.0 Å². The van der Waals surface area contributed by atoms with E-state index in [2.05, 4.69) is 15.2 Å². The number of ether oxygens (including phenoxy) is 1. The van der Waals surface area contributed by atoms with Gasteiger partial charge in [-0.05, 0) is 57.5 Å². The standard InChI is InChI=1S/C28H29F3N4O3/c1-16-21(11-20(14-32-16)34-26(36)17-5-4-6-19(9-17)28(29,30)31)18-10-24-23(33-13-18)12-22(27(2,3)37)25-15-38-8-7-35(24)25/h4-6,9-11,13-14,22,25,37H,7-8,12,15H2,1-3H3,(H,34,36)/t22-,25+/m1/s1. The third-order valence-corrected chi connectivity index (χ3v) is 7.32. The van der Waals surface area contributed by atoms with Crippen LogP contribution in [-0.2, 0) is 17.3 Å². The lowest BCUT2D eigenvalue weighted by molar-refractivity contribution is -0.137. The van der Waals surface area contributed by atoms with E-state index >= 15 is 0 Å². The van der Waals surface area contributed by atoms with Crippen LogP contribution in [0.25, 0.3) is 11.1 Å². The first-order chi connectivity index (χ1) is 17.9. The summed E-state index contributed by atoms with van der Waals surface area (Å²) in [5.41, 5.74) is 2.62. The van der Waals surface area contributed by atoms with Gasteiger partial charge in [-0.15, -0.1) is 0 Å². The minimum atomic E-state index is -4.54. The topological polar surface area (TPSA) is 87.6 Å². The Labute approximate surface area is 218 Å². The molecule has 200 valence electrons. The number of amides is 1. The summed E-state index contributed by atoms with van der Waals surface area (Å²) >= 11 is 0. The zero-order valence-electron chi connectivity index (χ0n) is 21.3. The van der Waals surface area contributed by atoms with Crippen LogP contribution in [0.2, 0.25) is 0 Å². The summed E-state index contributed by atoms with van der Waals surface area (Å²) < 4.78 is 45.0. The molecule has 2 atom stereocenters. The molecule has 1 saturated heterocycles. The van der Waals surface area contributed by atoms with E-state index in [-0.39, 0.29) is 17.5 Å². The second kappa shape index (κ2) is 9.67. The number of rotatable bonds is 4. The summed E-state index contributed by atoms with van der Waals surface area (Å²) in [6, 6.07) is 8.10. The average molecular weight is 527 g/mol. The Morgan fingerprint density at radius 1 is 1.16 bits per heavy atom. The molecule has 0 bridgehead atoms. The molecule has 1 amide bonds. The van der Waals surface area contributed by atoms with Crippen molar-refractivity contribution in [3.63, 3.8) is 0 Å². The van der Waals surface area contributed by atoms with Gasteiger partial charge in [-0.2, -0.15) is 13.2 Å². The number of alkyl halides is 3. The Hall–Kier alpha value is -3.50. The van der Waals surface area contributed by atoms with Crippen molar-refractivity contribution in [2.24, 2.45) is 5.92 Å². The molecule has 0 aliphatic carbocycles. The molecule has 38 heavy (non-hydrogen) atoms. The fourth-order valence-electron chi connectivity index (χ4n) is 5.29. The van der Waals surface area contributed by atoms with Crippen molar-refractivity contribution in [1.82, 2.24) is 9.97 Å². The molecule has 0 saturated carbocycles. The number of anilines is 2. The second-order valence-electron chi connectivity index (χ2n) is 10.4. The second-order valence-corrected chi connectivity index (χ2v) is 10.4. The molecule has 2 aromatic heterocycles. The molecule has 1 fully saturated rings. The SMILES string of the molecule is Cc1ncc(NC(=O)c2cccc(C(F)(F)F)c2)cc1-c1cnc2c(c1)N1CCOC[C@H]1[C@H](C(C)(C)O)C2. The van der Waals surface area contributed by atoms with E-state index in [1.54, 1.807) is 12.3 Å². The molecular formula is C28H29F3N4O3. The van der Waals surface area contributed by atoms with E-state index in [0.717, 1.165) is 34.6 Å². The summed E-state index contributed by atoms with van der Waals surface area (Å²) in [6.45, 7) is 7.26. The van der Waals surface area contributed by atoms with Crippen LogP contribution in [0.5, 0.6) is 0 Å². The van der Waals surface area contributed by atoms with Crippen molar-refractivity contribution in [3.8, 4) is 11.1 Å². The number of benzene rings is 1. The number of morpholine rings is 1. The maximum absolute atomic E-state index is 13.1. The predicted molar refractivity (Wildman–Crippen MR) is 137 cm³/mol. The number of pyridine rings is 2. The van der Waals surface area contributed by atoms with E-state index in [9.17, 15) is 23.1 Å². The highest BCUT2D eigenvalue weighted by atomic mass is 19.4. The molecule has 5 rings (SSSR count). The van der Waals surface area contributed by atoms with Crippen molar-refractivity contribution in [2.45, 2.75) is 45.0 Å². The molecule has 10 heteroatoms. The fraction of sp³-hybridized carbons (Fsp3) is 0.393. The first-order valence-corrected chi connectivity index (χ1v) is 12.4. The number of hydrogen-bond acceptors (Lipinski definition) is 6. The number of halogens is 3. The summed E-state index contributed by atoms with van der Waals surface area (Å²) in [5, 5.41) is 13.5. The lowest BCUT2D eigenvalue weighted by Gasteiger charge is -2.49. The minimum absolute atomic E-state index is 0.0191. The van der Waals surface area contributed by atoms with Gasteiger partial charge in [0.25, 0.3) is 5.91 Å². The third kappa shape index (κ3) is 5.10. The maximum atomic E-state index is 13.1. The highest BCUT2D eigenvalue weighted by molar-refractivity contribution is 6.04. The number of fused-ring (bicyclic) bond motifs is 3. The van der Waals surface area contributed by atoms with Crippen molar-refractivity contribution in [2.75, 3.05) is 30.0 Å². The molecule has 0 unspecified atom stereocenters. The molecule has 0 spiro atoms. The van der Waals surface area contributed by atoms with E-state index in [1.165, 1.54) is 18.3 Å². The summed E-state index contributed by atoms with van der Waals surface area (Å²) in [6.07, 6.45) is -0.694. The number of carbonyl (C=O) groups excluding carboxylic acids is 1. The van der Waals surface area contributed by atoms with Crippen molar-refractivity contribution >= 4 is 17.3 Å². The van der Waals surface area contributed by atoms with Gasteiger partial charge in [0.1, 0.15) is 0 Å². The van der Waals surface area contributed by atoms with Crippen LogP contribution in [0.4, 0.5) is 24.5 Å². The highest BCUT2D eigenvalue weighted by Gasteiger charge is 2.43. The molecule has 0 radical (unpaired) electrons. The zero-order chi connectivity index (χ0) is 27.2. The van der Waals surface area contributed by atoms with Gasteiger partial charge in [0.05, 0.1) is 53.7 Å².